The summed E-state index contributed by atoms with van der Waals surface area (Å²) in [6, 6.07) is 2.96. The summed E-state index contributed by atoms with van der Waals surface area (Å²) in [6.45, 7) is 16.8. The molecule has 0 unspecified atom stereocenters. The van der Waals surface area contributed by atoms with Gasteiger partial charge in [-0.2, -0.15) is 0 Å². The number of halogens is 1. The molecule has 1 aromatic carbocycles. The number of pyridine rings is 3. The van der Waals surface area contributed by atoms with E-state index < -0.39 is 41.3 Å². The van der Waals surface area contributed by atoms with Crippen molar-refractivity contribution in [2.75, 3.05) is 43.5 Å². The topological polar surface area (TPSA) is 158 Å². The van der Waals surface area contributed by atoms with E-state index in [1.807, 2.05) is 0 Å². The molecule has 2 atom stereocenters. The number of esters is 1. The molecule has 0 N–H and O–H groups in total. The zero-order valence-electron chi connectivity index (χ0n) is 32.6. The highest BCUT2D eigenvalue weighted by atomic mass is 19.1. The largest absolute Gasteiger partial charge is 0.519 e. The predicted octanol–water partition coefficient (Wildman–Crippen LogP) is 5.98. The Bertz CT molecular complexity index is 2690. The SMILES string of the molecule is [C-]#[N+]c1c(F)cc(N(C)C(=O)OC(C)(C)C)c2c1-c1c(ncc(-c3cnc4c(c3)c(=O)c(C(=O)OCc3oc(=O)oc3C)cn4C)c1N1CC[C@H]3CN(C)C[C@H]31)C2. The second kappa shape index (κ2) is 13.7. The Hall–Kier alpha value is -6.34. The molecule has 1 amide bonds. The molecule has 0 saturated carbocycles. The Kier molecular flexibility index (Phi) is 9.03. The molecule has 15 nitrogen and oxygen atoms in total. The second-order valence-corrected chi connectivity index (χ2v) is 15.9. The van der Waals surface area contributed by atoms with Crippen molar-refractivity contribution in [3.05, 3.63) is 97.1 Å². The predicted molar refractivity (Wildman–Crippen MR) is 207 cm³/mol. The van der Waals surface area contributed by atoms with Crippen LogP contribution in [0.4, 0.5) is 26.2 Å². The fourth-order valence-corrected chi connectivity index (χ4v) is 8.39. The van der Waals surface area contributed by atoms with E-state index >= 15 is 4.39 Å². The third-order valence-electron chi connectivity index (χ3n) is 10.9. The van der Waals surface area contributed by atoms with Crippen molar-refractivity contribution in [1.82, 2.24) is 19.4 Å². The highest BCUT2D eigenvalue weighted by Gasteiger charge is 2.44. The van der Waals surface area contributed by atoms with Gasteiger partial charge in [0.1, 0.15) is 22.6 Å². The lowest BCUT2D eigenvalue weighted by Crippen LogP contribution is -2.35. The van der Waals surface area contributed by atoms with Gasteiger partial charge >= 0.3 is 17.9 Å². The summed E-state index contributed by atoms with van der Waals surface area (Å²) < 4.78 is 38.5. The summed E-state index contributed by atoms with van der Waals surface area (Å²) in [7, 11) is 5.24. The van der Waals surface area contributed by atoms with Crippen molar-refractivity contribution in [1.29, 1.82) is 0 Å². The number of amides is 1. The molecule has 2 saturated heterocycles. The summed E-state index contributed by atoms with van der Waals surface area (Å²) in [4.78, 5) is 71.2. The Balaban J connectivity index is 1.30. The van der Waals surface area contributed by atoms with Crippen molar-refractivity contribution < 1.29 is 32.3 Å². The molecule has 0 bridgehead atoms. The molecule has 1 aliphatic carbocycles. The van der Waals surface area contributed by atoms with Gasteiger partial charge in [0.2, 0.25) is 11.1 Å². The molecule has 2 fully saturated rings. The summed E-state index contributed by atoms with van der Waals surface area (Å²) in [5, 5.41) is 0.136. The van der Waals surface area contributed by atoms with Crippen LogP contribution in [-0.2, 0) is 29.5 Å². The third-order valence-corrected chi connectivity index (χ3v) is 10.9. The molecule has 57 heavy (non-hydrogen) atoms. The van der Waals surface area contributed by atoms with E-state index in [9.17, 15) is 19.2 Å². The first-order valence-electron chi connectivity index (χ1n) is 18.5. The lowest BCUT2D eigenvalue weighted by atomic mass is 9.95. The number of carbonyl (C=O) groups excluding carboxylic acids is 2. The monoisotopic (exact) mass is 777 g/mol. The Labute approximate surface area is 326 Å². The van der Waals surface area contributed by atoms with Crippen molar-refractivity contribution >= 4 is 40.2 Å². The average Bonchev–Trinajstić information content (AvgIpc) is 3.91. The number of fused-ring (bicyclic) bond motifs is 5. The fourth-order valence-electron chi connectivity index (χ4n) is 8.39. The highest BCUT2D eigenvalue weighted by molar-refractivity contribution is 6.04. The molecule has 3 aliphatic rings. The highest BCUT2D eigenvalue weighted by Crippen LogP contribution is 2.55. The molecule has 6 heterocycles. The summed E-state index contributed by atoms with van der Waals surface area (Å²) >= 11 is 0. The van der Waals surface area contributed by atoms with Crippen molar-refractivity contribution in [3.63, 3.8) is 0 Å². The molecule has 8 rings (SSSR count). The fraction of sp³-hybridized carbons (Fsp3) is 0.390. The lowest BCUT2D eigenvalue weighted by molar-refractivity contribution is 0.0440. The van der Waals surface area contributed by atoms with Crippen LogP contribution in [-0.4, -0.2) is 76.9 Å². The van der Waals surface area contributed by atoms with Crippen LogP contribution in [0.3, 0.4) is 0 Å². The second-order valence-electron chi connectivity index (χ2n) is 15.9. The number of hydrogen-bond acceptors (Lipinski definition) is 12. The smallest absolute Gasteiger partial charge is 0.454 e. The van der Waals surface area contributed by atoms with Gasteiger partial charge in [-0.1, -0.05) is 0 Å². The zero-order valence-corrected chi connectivity index (χ0v) is 32.6. The molecule has 2 aliphatic heterocycles. The van der Waals surface area contributed by atoms with E-state index in [0.29, 0.717) is 51.6 Å². The molecule has 294 valence electrons. The van der Waals surface area contributed by atoms with Crippen LogP contribution in [0.1, 0.15) is 60.3 Å². The van der Waals surface area contributed by atoms with Gasteiger partial charge in [0.25, 0.3) is 0 Å². The third kappa shape index (κ3) is 6.41. The van der Waals surface area contributed by atoms with Gasteiger partial charge < -0.3 is 32.7 Å². The summed E-state index contributed by atoms with van der Waals surface area (Å²) in [5.41, 5.74) is 2.72. The van der Waals surface area contributed by atoms with Gasteiger partial charge in [0, 0.05) is 87.0 Å². The number of ether oxygens (including phenoxy) is 2. The molecular formula is C41H40FN7O8. The van der Waals surface area contributed by atoms with Gasteiger partial charge in [-0.3, -0.25) is 14.7 Å². The lowest BCUT2D eigenvalue weighted by Gasteiger charge is -2.31. The first-order chi connectivity index (χ1) is 27.0. The van der Waals surface area contributed by atoms with Crippen molar-refractivity contribution in [2.45, 2.75) is 58.8 Å². The van der Waals surface area contributed by atoms with Gasteiger partial charge in [-0.05, 0) is 64.8 Å². The summed E-state index contributed by atoms with van der Waals surface area (Å²) in [6.07, 6.45) is 5.15. The molecule has 4 aromatic heterocycles. The van der Waals surface area contributed by atoms with E-state index in [0.717, 1.165) is 25.2 Å². The van der Waals surface area contributed by atoms with Crippen LogP contribution in [0.25, 0.3) is 38.1 Å². The standard InChI is InChI=1S/C41H40FN7O8/c1-20-31(56-40(53)55-20)19-54-38(51)26-17-47(7)37-24(36(26)50)11-22(14-45-37)25-15-44-28-12-23-29(48(8)39(52)57-41(2,3)4)13-27(42)34(43-5)32(23)33(28)35(25)49-10-9-21-16-46(6)18-30(21)49/h11,13-15,17,21,30H,9-10,12,16,18-19H2,1-4,6-8H3/t21-,30+/m0/s1. The molecule has 0 radical (unpaired) electrons. The van der Waals surface area contributed by atoms with E-state index in [1.54, 1.807) is 50.8 Å². The maximum absolute atomic E-state index is 16.2. The van der Waals surface area contributed by atoms with Gasteiger partial charge in [0.15, 0.2) is 18.1 Å². The van der Waals surface area contributed by atoms with Crippen LogP contribution in [0.2, 0.25) is 0 Å². The van der Waals surface area contributed by atoms with E-state index in [2.05, 4.69) is 26.7 Å². The van der Waals surface area contributed by atoms with Crippen LogP contribution >= 0.6 is 0 Å². The minimum absolute atomic E-state index is 0.0237. The number of rotatable bonds is 6. The number of aryl methyl sites for hydroxylation is 2. The van der Waals surface area contributed by atoms with Crippen LogP contribution < -0.4 is 21.1 Å². The maximum atomic E-state index is 16.2. The number of carbonyl (C=O) groups is 2. The number of nitrogens with zero attached hydrogens (tertiary/aromatic N) is 7. The Morgan fingerprint density at radius 1 is 1.11 bits per heavy atom. The van der Waals surface area contributed by atoms with E-state index in [1.165, 1.54) is 31.1 Å². The molecule has 5 aromatic rings. The number of benzene rings is 1. The molecule has 0 spiro atoms. The van der Waals surface area contributed by atoms with Crippen LogP contribution in [0.15, 0.2) is 49.1 Å². The van der Waals surface area contributed by atoms with E-state index in [4.69, 9.17) is 29.9 Å². The van der Waals surface area contributed by atoms with Crippen molar-refractivity contribution in [2.24, 2.45) is 13.0 Å². The van der Waals surface area contributed by atoms with Gasteiger partial charge in [0.05, 0.1) is 29.0 Å². The Morgan fingerprint density at radius 3 is 2.58 bits per heavy atom. The number of anilines is 2. The number of likely N-dealkylation sites (N-methyl/N-ethyl adjacent to an activating group) is 1. The Morgan fingerprint density at radius 2 is 1.88 bits per heavy atom. The maximum Gasteiger partial charge on any atom is 0.519 e. The first kappa shape index (κ1) is 37.6. The number of hydrogen-bond donors (Lipinski definition) is 0. The zero-order chi connectivity index (χ0) is 40.7. The molecule has 16 heteroatoms. The van der Waals surface area contributed by atoms with Gasteiger partial charge in [-0.25, -0.2) is 28.6 Å². The normalized spacial score (nSPS) is 17.4. The quantitative estimate of drug-likeness (QED) is 0.144. The van der Waals surface area contributed by atoms with Crippen LogP contribution in [0.5, 0.6) is 0 Å². The molecular weight excluding hydrogens is 737 g/mol. The van der Waals surface area contributed by atoms with E-state index in [-0.39, 0.29) is 46.3 Å². The average molecular weight is 778 g/mol. The number of aromatic nitrogens is 3. The van der Waals surface area contributed by atoms with Gasteiger partial charge in [-0.15, -0.1) is 0 Å². The summed E-state index contributed by atoms with van der Waals surface area (Å²) in [5.74, 6) is -2.11. The minimum atomic E-state index is -0.934. The minimum Gasteiger partial charge on any atom is -0.454 e. The van der Waals surface area contributed by atoms with Crippen molar-refractivity contribution in [3.8, 4) is 22.3 Å². The first-order valence-corrected chi connectivity index (χ1v) is 18.5. The van der Waals surface area contributed by atoms with Crippen LogP contribution in [0, 0.1) is 25.2 Å². The number of likely N-dealkylation sites (tertiary alicyclic amines) is 1.